The maximum absolute atomic E-state index is 8.94. The summed E-state index contributed by atoms with van der Waals surface area (Å²) in [7, 11) is 1.94. The average Bonchev–Trinajstić information content (AvgIpc) is 2.96. The van der Waals surface area contributed by atoms with Gasteiger partial charge in [0.1, 0.15) is 0 Å². The fourth-order valence-electron chi connectivity index (χ4n) is 2.55. The van der Waals surface area contributed by atoms with Gasteiger partial charge in [0.2, 0.25) is 0 Å². The Morgan fingerprint density at radius 1 is 1.22 bits per heavy atom. The molecule has 0 amide bonds. The van der Waals surface area contributed by atoms with Gasteiger partial charge >= 0.3 is 0 Å². The zero-order chi connectivity index (χ0) is 16.4. The van der Waals surface area contributed by atoms with E-state index < -0.39 is 0 Å². The molecule has 23 heavy (non-hydrogen) atoms. The van der Waals surface area contributed by atoms with Gasteiger partial charge in [0.15, 0.2) is 0 Å². The Balaban J connectivity index is 2.13. The van der Waals surface area contributed by atoms with E-state index in [0.717, 1.165) is 28.1 Å². The molecule has 3 rings (SSSR count). The summed E-state index contributed by atoms with van der Waals surface area (Å²) in [5, 5.41) is 9.56. The first-order chi connectivity index (χ1) is 11.1. The second kappa shape index (κ2) is 6.25. The summed E-state index contributed by atoms with van der Waals surface area (Å²) in [6, 6.07) is 15.3. The highest BCUT2D eigenvalue weighted by molar-refractivity contribution is 6.33. The summed E-state index contributed by atoms with van der Waals surface area (Å²) in [5.41, 5.74) is 10.9. The van der Waals surface area contributed by atoms with Gasteiger partial charge in [-0.3, -0.25) is 0 Å². The molecule has 2 aromatic carbocycles. The summed E-state index contributed by atoms with van der Waals surface area (Å²) in [6.45, 7) is 0.449. The van der Waals surface area contributed by atoms with Crippen molar-refractivity contribution in [2.24, 2.45) is 12.8 Å². The molecule has 0 saturated carbocycles. The number of rotatable bonds is 3. The first-order valence-corrected chi connectivity index (χ1v) is 7.52. The van der Waals surface area contributed by atoms with Crippen LogP contribution in [0.3, 0.4) is 0 Å². The maximum atomic E-state index is 8.94. The highest BCUT2D eigenvalue weighted by Crippen LogP contribution is 2.35. The van der Waals surface area contributed by atoms with Crippen LogP contribution in [0.4, 0.5) is 0 Å². The van der Waals surface area contributed by atoms with Crippen LogP contribution in [0.2, 0.25) is 5.02 Å². The summed E-state index contributed by atoms with van der Waals surface area (Å²) < 4.78 is 1.95. The van der Waals surface area contributed by atoms with Crippen LogP contribution in [0.25, 0.3) is 22.5 Å². The Kier molecular flexibility index (Phi) is 4.16. The molecular formula is C18H15ClN4. The molecule has 1 heterocycles. The number of hydrogen-bond donors (Lipinski definition) is 1. The van der Waals surface area contributed by atoms with Crippen molar-refractivity contribution in [2.45, 2.75) is 6.54 Å². The van der Waals surface area contributed by atoms with Gasteiger partial charge in [0.05, 0.1) is 34.4 Å². The minimum Gasteiger partial charge on any atom is -0.333 e. The van der Waals surface area contributed by atoms with Gasteiger partial charge in [-0.1, -0.05) is 35.9 Å². The smallest absolute Gasteiger partial charge is 0.0991 e. The van der Waals surface area contributed by atoms with E-state index in [9.17, 15) is 0 Å². The number of hydrogen-bond acceptors (Lipinski definition) is 3. The van der Waals surface area contributed by atoms with Gasteiger partial charge in [0, 0.05) is 24.7 Å². The van der Waals surface area contributed by atoms with Crippen molar-refractivity contribution in [2.75, 3.05) is 0 Å². The van der Waals surface area contributed by atoms with E-state index in [2.05, 4.69) is 11.1 Å². The summed E-state index contributed by atoms with van der Waals surface area (Å²) >= 11 is 6.41. The van der Waals surface area contributed by atoms with Crippen LogP contribution in [0.5, 0.6) is 0 Å². The average molecular weight is 323 g/mol. The highest BCUT2D eigenvalue weighted by atomic mass is 35.5. The topological polar surface area (TPSA) is 67.6 Å². The lowest BCUT2D eigenvalue weighted by atomic mass is 10.0. The van der Waals surface area contributed by atoms with E-state index in [1.807, 2.05) is 41.9 Å². The van der Waals surface area contributed by atoms with Crippen LogP contribution in [0.15, 0.2) is 48.8 Å². The molecule has 4 nitrogen and oxygen atoms in total. The second-order valence-electron chi connectivity index (χ2n) is 5.26. The monoisotopic (exact) mass is 322 g/mol. The molecule has 0 radical (unpaired) electrons. The summed E-state index contributed by atoms with van der Waals surface area (Å²) in [6.07, 6.45) is 1.76. The molecule has 0 saturated heterocycles. The van der Waals surface area contributed by atoms with Crippen molar-refractivity contribution >= 4 is 11.6 Å². The number of nitrogens with two attached hydrogens (primary N) is 1. The van der Waals surface area contributed by atoms with Crippen LogP contribution in [-0.4, -0.2) is 9.55 Å². The Hall–Kier alpha value is -2.61. The van der Waals surface area contributed by atoms with E-state index in [1.54, 1.807) is 18.5 Å². The normalized spacial score (nSPS) is 10.5. The fraction of sp³-hybridized carbons (Fsp3) is 0.111. The number of benzene rings is 2. The van der Waals surface area contributed by atoms with Crippen molar-refractivity contribution < 1.29 is 0 Å². The molecule has 0 fully saturated rings. The molecule has 5 heteroatoms. The quantitative estimate of drug-likeness (QED) is 0.798. The minimum atomic E-state index is 0.449. The molecule has 3 aromatic rings. The van der Waals surface area contributed by atoms with Crippen molar-refractivity contribution in [1.82, 2.24) is 9.55 Å². The molecule has 114 valence electrons. The van der Waals surface area contributed by atoms with Gasteiger partial charge < -0.3 is 10.3 Å². The standard InChI is InChI=1S/C18H15ClN4/c1-23-11-22-17(15-7-4-13(10-21)8-16(15)19)18(23)14-5-2-12(9-20)3-6-14/h2-8,11H,10,21H2,1H3. The predicted octanol–water partition coefficient (Wildman–Crippen LogP) is 3.74. The molecule has 0 bridgehead atoms. The van der Waals surface area contributed by atoms with Crippen molar-refractivity contribution in [3.8, 4) is 28.6 Å². The molecule has 0 atom stereocenters. The Morgan fingerprint density at radius 2 is 1.96 bits per heavy atom. The molecule has 1 aromatic heterocycles. The number of aromatic nitrogens is 2. The largest absolute Gasteiger partial charge is 0.333 e. The Morgan fingerprint density at radius 3 is 2.57 bits per heavy atom. The third kappa shape index (κ3) is 2.85. The highest BCUT2D eigenvalue weighted by Gasteiger charge is 2.16. The number of aryl methyl sites for hydroxylation is 1. The van der Waals surface area contributed by atoms with Gasteiger partial charge in [-0.2, -0.15) is 5.26 Å². The van der Waals surface area contributed by atoms with Crippen LogP contribution >= 0.6 is 11.6 Å². The van der Waals surface area contributed by atoms with E-state index >= 15 is 0 Å². The lowest BCUT2D eigenvalue weighted by molar-refractivity contribution is 0.921. The van der Waals surface area contributed by atoms with Crippen LogP contribution < -0.4 is 5.73 Å². The SMILES string of the molecule is Cn1cnc(-c2ccc(CN)cc2Cl)c1-c1ccc(C#N)cc1. The predicted molar refractivity (Wildman–Crippen MR) is 91.7 cm³/mol. The molecule has 2 N–H and O–H groups in total. The Bertz CT molecular complexity index is 888. The molecule has 0 aliphatic rings. The van der Waals surface area contributed by atoms with E-state index in [4.69, 9.17) is 22.6 Å². The molecule has 0 unspecified atom stereocenters. The molecule has 0 spiro atoms. The minimum absolute atomic E-state index is 0.449. The number of halogens is 1. The lowest BCUT2D eigenvalue weighted by Crippen LogP contribution is -1.97. The van der Waals surface area contributed by atoms with Crippen LogP contribution in [-0.2, 0) is 13.6 Å². The van der Waals surface area contributed by atoms with E-state index in [0.29, 0.717) is 17.1 Å². The zero-order valence-corrected chi connectivity index (χ0v) is 13.4. The zero-order valence-electron chi connectivity index (χ0n) is 12.6. The van der Waals surface area contributed by atoms with E-state index in [1.165, 1.54) is 0 Å². The van der Waals surface area contributed by atoms with Crippen molar-refractivity contribution in [1.29, 1.82) is 5.26 Å². The molecule has 0 aliphatic carbocycles. The second-order valence-corrected chi connectivity index (χ2v) is 5.67. The van der Waals surface area contributed by atoms with Gasteiger partial charge in [-0.05, 0) is 23.8 Å². The Labute approximate surface area is 139 Å². The first kappa shape index (κ1) is 15.3. The van der Waals surface area contributed by atoms with Crippen molar-refractivity contribution in [3.05, 3.63) is 64.9 Å². The van der Waals surface area contributed by atoms with Gasteiger partial charge in [-0.15, -0.1) is 0 Å². The summed E-state index contributed by atoms with van der Waals surface area (Å²) in [5.74, 6) is 0. The van der Waals surface area contributed by atoms with E-state index in [-0.39, 0.29) is 0 Å². The first-order valence-electron chi connectivity index (χ1n) is 7.14. The number of imidazole rings is 1. The fourth-order valence-corrected chi connectivity index (χ4v) is 2.84. The van der Waals surface area contributed by atoms with Gasteiger partial charge in [0.25, 0.3) is 0 Å². The maximum Gasteiger partial charge on any atom is 0.0991 e. The number of nitrogens with zero attached hydrogens (tertiary/aromatic N) is 3. The van der Waals surface area contributed by atoms with Gasteiger partial charge in [-0.25, -0.2) is 4.98 Å². The lowest BCUT2D eigenvalue weighted by Gasteiger charge is -2.09. The third-order valence-electron chi connectivity index (χ3n) is 3.75. The number of nitriles is 1. The van der Waals surface area contributed by atoms with Crippen LogP contribution in [0, 0.1) is 11.3 Å². The third-order valence-corrected chi connectivity index (χ3v) is 4.06. The molecular weight excluding hydrogens is 308 g/mol. The summed E-state index contributed by atoms with van der Waals surface area (Å²) in [4.78, 5) is 4.50. The molecule has 0 aliphatic heterocycles. The van der Waals surface area contributed by atoms with Crippen LogP contribution in [0.1, 0.15) is 11.1 Å². The van der Waals surface area contributed by atoms with Crippen molar-refractivity contribution in [3.63, 3.8) is 0 Å².